The second-order valence-electron chi connectivity index (χ2n) is 4.74. The van der Waals surface area contributed by atoms with Crippen molar-refractivity contribution in [2.24, 2.45) is 0 Å². The molecule has 1 atom stereocenters. The number of hydrogen-bond donors (Lipinski definition) is 2. The number of rotatable bonds is 5. The number of sulfonamides is 1. The van der Waals surface area contributed by atoms with Crippen molar-refractivity contribution in [3.8, 4) is 5.75 Å². The Bertz CT molecular complexity index is 555. The molecule has 0 radical (unpaired) electrons. The Morgan fingerprint density at radius 2 is 2.25 bits per heavy atom. The SMILES string of the molecule is COc1ccc(S(=O)(=O)NCC2CCCCS2)c(N)c1. The smallest absolute Gasteiger partial charge is 0.242 e. The van der Waals surface area contributed by atoms with Crippen molar-refractivity contribution in [1.82, 2.24) is 4.72 Å². The van der Waals surface area contributed by atoms with Crippen LogP contribution in [-0.4, -0.2) is 33.1 Å². The van der Waals surface area contributed by atoms with Gasteiger partial charge in [-0.05, 0) is 30.7 Å². The van der Waals surface area contributed by atoms with Crippen LogP contribution in [0.5, 0.6) is 5.75 Å². The minimum atomic E-state index is -3.56. The maximum atomic E-state index is 12.3. The predicted molar refractivity (Wildman–Crippen MR) is 82.7 cm³/mol. The molecule has 1 aliphatic heterocycles. The number of hydrogen-bond acceptors (Lipinski definition) is 5. The number of nitrogen functional groups attached to an aromatic ring is 1. The van der Waals surface area contributed by atoms with E-state index in [0.29, 0.717) is 17.5 Å². The van der Waals surface area contributed by atoms with E-state index in [1.807, 2.05) is 11.8 Å². The zero-order valence-electron chi connectivity index (χ0n) is 11.5. The molecule has 0 aromatic heterocycles. The van der Waals surface area contributed by atoms with E-state index in [2.05, 4.69) is 4.72 Å². The second kappa shape index (κ2) is 6.69. The van der Waals surface area contributed by atoms with Crippen LogP contribution in [0.3, 0.4) is 0 Å². The molecule has 0 amide bonds. The van der Waals surface area contributed by atoms with E-state index in [-0.39, 0.29) is 10.6 Å². The molecule has 0 spiro atoms. The standard InChI is InChI=1S/C13H20N2O3S2/c1-18-10-5-6-13(12(14)8-10)20(16,17)15-9-11-4-2-3-7-19-11/h5-6,8,11,15H,2-4,7,9,14H2,1H3. The molecule has 1 aliphatic rings. The molecule has 5 nitrogen and oxygen atoms in total. The van der Waals surface area contributed by atoms with Gasteiger partial charge in [-0.2, -0.15) is 11.8 Å². The molecule has 2 rings (SSSR count). The van der Waals surface area contributed by atoms with Crippen molar-refractivity contribution in [3.05, 3.63) is 18.2 Å². The van der Waals surface area contributed by atoms with Crippen LogP contribution in [0.1, 0.15) is 19.3 Å². The molecule has 1 fully saturated rings. The number of thioether (sulfide) groups is 1. The monoisotopic (exact) mass is 316 g/mol. The lowest BCUT2D eigenvalue weighted by Crippen LogP contribution is -2.32. The summed E-state index contributed by atoms with van der Waals surface area (Å²) in [5, 5.41) is 0.359. The number of benzene rings is 1. The Balaban J connectivity index is 2.05. The first-order valence-corrected chi connectivity index (χ1v) is 9.11. The highest BCUT2D eigenvalue weighted by atomic mass is 32.2. The molecule has 0 aliphatic carbocycles. The molecule has 1 heterocycles. The Kier molecular flexibility index (Phi) is 5.17. The van der Waals surface area contributed by atoms with Gasteiger partial charge in [0.25, 0.3) is 0 Å². The third-order valence-electron chi connectivity index (χ3n) is 3.28. The van der Waals surface area contributed by atoms with Gasteiger partial charge in [0.05, 0.1) is 12.8 Å². The molecule has 1 saturated heterocycles. The number of nitrogens with one attached hydrogen (secondary N) is 1. The van der Waals surface area contributed by atoms with Crippen LogP contribution in [0.15, 0.2) is 23.1 Å². The summed E-state index contributed by atoms with van der Waals surface area (Å²) >= 11 is 1.83. The van der Waals surface area contributed by atoms with Crippen LogP contribution in [0.4, 0.5) is 5.69 Å². The van der Waals surface area contributed by atoms with Gasteiger partial charge >= 0.3 is 0 Å². The first-order valence-electron chi connectivity index (χ1n) is 6.58. The lowest BCUT2D eigenvalue weighted by atomic mass is 10.2. The maximum absolute atomic E-state index is 12.3. The summed E-state index contributed by atoms with van der Waals surface area (Å²) in [5.74, 6) is 1.65. The van der Waals surface area contributed by atoms with Gasteiger partial charge < -0.3 is 10.5 Å². The highest BCUT2D eigenvalue weighted by Crippen LogP contribution is 2.26. The second-order valence-corrected chi connectivity index (χ2v) is 7.89. The summed E-state index contributed by atoms with van der Waals surface area (Å²) in [6.07, 6.45) is 3.45. The van der Waals surface area contributed by atoms with Crippen molar-refractivity contribution in [2.75, 3.05) is 25.1 Å². The molecule has 0 saturated carbocycles. The summed E-state index contributed by atoms with van der Waals surface area (Å²) in [6.45, 7) is 0.457. The molecule has 0 bridgehead atoms. The maximum Gasteiger partial charge on any atom is 0.242 e. The average Bonchev–Trinajstić information content (AvgIpc) is 2.46. The largest absolute Gasteiger partial charge is 0.497 e. The number of nitrogens with two attached hydrogens (primary N) is 1. The van der Waals surface area contributed by atoms with Crippen LogP contribution < -0.4 is 15.2 Å². The molecule has 1 unspecified atom stereocenters. The molecule has 3 N–H and O–H groups in total. The average molecular weight is 316 g/mol. The Morgan fingerprint density at radius 1 is 1.45 bits per heavy atom. The molecular weight excluding hydrogens is 296 g/mol. The van der Waals surface area contributed by atoms with Crippen LogP contribution in [0.2, 0.25) is 0 Å². The number of ether oxygens (including phenoxy) is 1. The lowest BCUT2D eigenvalue weighted by Gasteiger charge is -2.21. The van der Waals surface area contributed by atoms with E-state index >= 15 is 0 Å². The minimum absolute atomic E-state index is 0.110. The van der Waals surface area contributed by atoms with Gasteiger partial charge in [-0.1, -0.05) is 6.42 Å². The Hall–Kier alpha value is -0.920. The quantitative estimate of drug-likeness (QED) is 0.810. The third-order valence-corrected chi connectivity index (χ3v) is 6.18. The topological polar surface area (TPSA) is 81.4 Å². The highest BCUT2D eigenvalue weighted by Gasteiger charge is 2.21. The number of methoxy groups -OCH3 is 1. The highest BCUT2D eigenvalue weighted by molar-refractivity contribution is 8.00. The fraction of sp³-hybridized carbons (Fsp3) is 0.538. The van der Waals surface area contributed by atoms with Crippen LogP contribution in [-0.2, 0) is 10.0 Å². The first kappa shape index (κ1) is 15.5. The molecule has 112 valence electrons. The van der Waals surface area contributed by atoms with Crippen LogP contribution >= 0.6 is 11.8 Å². The fourth-order valence-electron chi connectivity index (χ4n) is 2.15. The predicted octanol–water partition coefficient (Wildman–Crippen LogP) is 1.84. The molecule has 20 heavy (non-hydrogen) atoms. The molecule has 7 heteroatoms. The summed E-state index contributed by atoms with van der Waals surface area (Å²) < 4.78 is 32.2. The van der Waals surface area contributed by atoms with Gasteiger partial charge in [0, 0.05) is 17.9 Å². The van der Waals surface area contributed by atoms with E-state index in [1.54, 1.807) is 6.07 Å². The van der Waals surface area contributed by atoms with Crippen molar-refractivity contribution in [2.45, 2.75) is 29.4 Å². The summed E-state index contributed by atoms with van der Waals surface area (Å²) in [5.41, 5.74) is 5.99. The van der Waals surface area contributed by atoms with Gasteiger partial charge in [-0.15, -0.1) is 0 Å². The summed E-state index contributed by atoms with van der Waals surface area (Å²) in [4.78, 5) is 0.110. The van der Waals surface area contributed by atoms with Crippen LogP contribution in [0, 0.1) is 0 Å². The van der Waals surface area contributed by atoms with Gasteiger partial charge in [0.2, 0.25) is 10.0 Å². The van der Waals surface area contributed by atoms with E-state index in [4.69, 9.17) is 10.5 Å². The summed E-state index contributed by atoms with van der Waals surface area (Å²) in [6, 6.07) is 4.59. The molecule has 1 aromatic carbocycles. The molecular formula is C13H20N2O3S2. The zero-order chi connectivity index (χ0) is 14.6. The summed E-state index contributed by atoms with van der Waals surface area (Å²) in [7, 11) is -2.04. The van der Waals surface area contributed by atoms with Gasteiger partial charge in [-0.25, -0.2) is 13.1 Å². The van der Waals surface area contributed by atoms with E-state index < -0.39 is 10.0 Å². The van der Waals surface area contributed by atoms with Crippen molar-refractivity contribution in [1.29, 1.82) is 0 Å². The lowest BCUT2D eigenvalue weighted by molar-refractivity contribution is 0.414. The van der Waals surface area contributed by atoms with Crippen LogP contribution in [0.25, 0.3) is 0 Å². The van der Waals surface area contributed by atoms with Crippen molar-refractivity contribution < 1.29 is 13.2 Å². The van der Waals surface area contributed by atoms with Crippen molar-refractivity contribution >= 4 is 27.5 Å². The third kappa shape index (κ3) is 3.80. The van der Waals surface area contributed by atoms with E-state index in [0.717, 1.165) is 12.2 Å². The van der Waals surface area contributed by atoms with Gasteiger partial charge in [-0.3, -0.25) is 0 Å². The first-order chi connectivity index (χ1) is 9.53. The fourth-order valence-corrected chi connectivity index (χ4v) is 4.68. The minimum Gasteiger partial charge on any atom is -0.497 e. The van der Waals surface area contributed by atoms with Gasteiger partial charge in [0.15, 0.2) is 0 Å². The van der Waals surface area contributed by atoms with E-state index in [9.17, 15) is 8.42 Å². The zero-order valence-corrected chi connectivity index (χ0v) is 13.1. The van der Waals surface area contributed by atoms with Gasteiger partial charge in [0.1, 0.15) is 10.6 Å². The van der Waals surface area contributed by atoms with E-state index in [1.165, 1.54) is 32.1 Å². The molecule has 1 aromatic rings. The van der Waals surface area contributed by atoms with Crippen molar-refractivity contribution in [3.63, 3.8) is 0 Å². The Morgan fingerprint density at radius 3 is 2.85 bits per heavy atom. The Labute approximate surface area is 124 Å². The number of anilines is 1. The normalized spacial score (nSPS) is 19.8.